The third-order valence-corrected chi connectivity index (χ3v) is 10.6. The fourth-order valence-corrected chi connectivity index (χ4v) is 7.42. The molecule has 1 saturated heterocycles. The SMILES string of the molecule is CCCCCCCOc1ccc(C2/C(=C(\O)c3ccc(OCCCC)cc3)C(=O)C(=O)N2c2nnc(SCc3ccc(C)cc3)s2)cc1OC. The van der Waals surface area contributed by atoms with Gasteiger partial charge in [-0.15, -0.1) is 10.2 Å². The van der Waals surface area contributed by atoms with Gasteiger partial charge in [0.1, 0.15) is 11.5 Å². The van der Waals surface area contributed by atoms with E-state index in [1.807, 2.05) is 6.92 Å². The summed E-state index contributed by atoms with van der Waals surface area (Å²) in [7, 11) is 1.55. The Morgan fingerprint density at radius 2 is 1.58 bits per heavy atom. The fraction of sp³-hybridized carbons (Fsp3) is 0.385. The van der Waals surface area contributed by atoms with Crippen molar-refractivity contribution in [2.45, 2.75) is 81.9 Å². The van der Waals surface area contributed by atoms with Gasteiger partial charge in [-0.25, -0.2) is 0 Å². The van der Waals surface area contributed by atoms with Gasteiger partial charge in [-0.2, -0.15) is 0 Å². The number of hydrogen-bond donors (Lipinski definition) is 1. The van der Waals surface area contributed by atoms with Crippen LogP contribution in [0.4, 0.5) is 5.13 Å². The number of rotatable bonds is 18. The lowest BCUT2D eigenvalue weighted by molar-refractivity contribution is -0.132. The van der Waals surface area contributed by atoms with Crippen LogP contribution in [0.25, 0.3) is 5.76 Å². The van der Waals surface area contributed by atoms with Crippen LogP contribution in [0.3, 0.4) is 0 Å². The number of aryl methyl sites for hydroxylation is 1. The van der Waals surface area contributed by atoms with Crippen LogP contribution in [-0.4, -0.2) is 47.3 Å². The molecule has 3 aromatic carbocycles. The number of ketones is 1. The molecule has 1 N–H and O–H groups in total. The third kappa shape index (κ3) is 9.05. The number of carbonyl (C=O) groups excluding carboxylic acids is 2. The molecular weight excluding hydrogens is 671 g/mol. The Bertz CT molecular complexity index is 1770. The lowest BCUT2D eigenvalue weighted by Gasteiger charge is -2.23. The van der Waals surface area contributed by atoms with Crippen molar-refractivity contribution in [1.29, 1.82) is 0 Å². The van der Waals surface area contributed by atoms with E-state index in [2.05, 4.69) is 48.3 Å². The topological polar surface area (TPSA) is 111 Å². The zero-order valence-corrected chi connectivity index (χ0v) is 30.8. The molecule has 1 fully saturated rings. The molecule has 9 nitrogen and oxygen atoms in total. The molecule has 0 bridgehead atoms. The Balaban J connectivity index is 1.48. The van der Waals surface area contributed by atoms with Crippen molar-refractivity contribution in [1.82, 2.24) is 10.2 Å². The Hall–Kier alpha value is -4.35. The molecule has 1 aliphatic heterocycles. The number of thioether (sulfide) groups is 1. The number of methoxy groups -OCH3 is 1. The molecule has 264 valence electrons. The van der Waals surface area contributed by atoms with E-state index in [-0.39, 0.29) is 16.5 Å². The summed E-state index contributed by atoms with van der Waals surface area (Å²) >= 11 is 2.73. The van der Waals surface area contributed by atoms with E-state index >= 15 is 0 Å². The number of carbonyl (C=O) groups is 2. The Labute approximate surface area is 302 Å². The lowest BCUT2D eigenvalue weighted by atomic mass is 9.95. The predicted molar refractivity (Wildman–Crippen MR) is 200 cm³/mol. The Kier molecular flexibility index (Phi) is 13.3. The van der Waals surface area contributed by atoms with Crippen LogP contribution in [0.5, 0.6) is 17.2 Å². The minimum Gasteiger partial charge on any atom is -0.507 e. The lowest BCUT2D eigenvalue weighted by Crippen LogP contribution is -2.29. The number of ether oxygens (including phenoxy) is 3. The number of aliphatic hydroxyl groups is 1. The highest BCUT2D eigenvalue weighted by molar-refractivity contribution is 8.00. The summed E-state index contributed by atoms with van der Waals surface area (Å²) in [6.07, 6.45) is 7.49. The van der Waals surface area contributed by atoms with Gasteiger partial charge in [-0.05, 0) is 67.3 Å². The molecule has 2 heterocycles. The number of benzene rings is 3. The van der Waals surface area contributed by atoms with Crippen molar-refractivity contribution in [3.8, 4) is 17.2 Å². The van der Waals surface area contributed by atoms with E-state index in [9.17, 15) is 14.7 Å². The zero-order chi connectivity index (χ0) is 35.5. The molecule has 0 radical (unpaired) electrons. The molecule has 50 heavy (non-hydrogen) atoms. The molecule has 0 saturated carbocycles. The van der Waals surface area contributed by atoms with E-state index in [1.165, 1.54) is 52.8 Å². The molecule has 0 aliphatic carbocycles. The van der Waals surface area contributed by atoms with Crippen LogP contribution < -0.4 is 19.1 Å². The van der Waals surface area contributed by atoms with Crippen molar-refractivity contribution in [2.75, 3.05) is 25.2 Å². The van der Waals surface area contributed by atoms with E-state index in [0.717, 1.165) is 31.2 Å². The Morgan fingerprint density at radius 3 is 2.30 bits per heavy atom. The molecule has 1 unspecified atom stereocenters. The van der Waals surface area contributed by atoms with Gasteiger partial charge >= 0.3 is 5.91 Å². The molecule has 5 rings (SSSR count). The number of anilines is 1. The third-order valence-electron chi connectivity index (χ3n) is 8.43. The van der Waals surface area contributed by atoms with Crippen molar-refractivity contribution >= 4 is 45.7 Å². The van der Waals surface area contributed by atoms with Crippen molar-refractivity contribution in [3.05, 3.63) is 94.6 Å². The zero-order valence-electron chi connectivity index (χ0n) is 29.1. The maximum Gasteiger partial charge on any atom is 0.301 e. The quantitative estimate of drug-likeness (QED) is 0.0269. The monoisotopic (exact) mass is 715 g/mol. The van der Waals surface area contributed by atoms with Crippen LogP contribution in [0.15, 0.2) is 76.6 Å². The smallest absolute Gasteiger partial charge is 0.301 e. The number of hydrogen-bond acceptors (Lipinski definition) is 10. The number of unbranched alkanes of at least 4 members (excludes halogenated alkanes) is 5. The van der Waals surface area contributed by atoms with Crippen molar-refractivity contribution < 1.29 is 28.9 Å². The second-order valence-corrected chi connectivity index (χ2v) is 14.4. The number of aliphatic hydroxyl groups excluding tert-OH is 1. The highest BCUT2D eigenvalue weighted by atomic mass is 32.2. The number of amides is 1. The summed E-state index contributed by atoms with van der Waals surface area (Å²) in [6.45, 7) is 7.45. The molecule has 1 aliphatic rings. The van der Waals surface area contributed by atoms with Crippen LogP contribution in [0, 0.1) is 6.92 Å². The van der Waals surface area contributed by atoms with Crippen LogP contribution >= 0.6 is 23.1 Å². The highest BCUT2D eigenvalue weighted by Crippen LogP contribution is 2.45. The van der Waals surface area contributed by atoms with Gasteiger partial charge in [0, 0.05) is 11.3 Å². The minimum absolute atomic E-state index is 0.0506. The molecule has 1 atom stereocenters. The molecule has 11 heteroatoms. The number of aromatic nitrogens is 2. The first kappa shape index (κ1) is 36.9. The van der Waals surface area contributed by atoms with E-state index in [1.54, 1.807) is 49.6 Å². The summed E-state index contributed by atoms with van der Waals surface area (Å²) in [5.74, 6) is 0.449. The van der Waals surface area contributed by atoms with E-state index in [4.69, 9.17) is 14.2 Å². The maximum atomic E-state index is 13.8. The molecule has 1 amide bonds. The minimum atomic E-state index is -0.990. The summed E-state index contributed by atoms with van der Waals surface area (Å²) in [5.41, 5.74) is 3.21. The molecule has 4 aromatic rings. The number of nitrogens with zero attached hydrogens (tertiary/aromatic N) is 3. The van der Waals surface area contributed by atoms with Gasteiger partial charge in [-0.3, -0.25) is 14.5 Å². The van der Waals surface area contributed by atoms with E-state index in [0.29, 0.717) is 51.7 Å². The van der Waals surface area contributed by atoms with Gasteiger partial charge in [0.2, 0.25) is 5.13 Å². The molecule has 0 spiro atoms. The average Bonchev–Trinajstić information content (AvgIpc) is 3.71. The van der Waals surface area contributed by atoms with Crippen LogP contribution in [0.1, 0.15) is 87.1 Å². The first-order valence-electron chi connectivity index (χ1n) is 17.2. The predicted octanol–water partition coefficient (Wildman–Crippen LogP) is 9.30. The Morgan fingerprint density at radius 1 is 0.860 bits per heavy atom. The average molecular weight is 716 g/mol. The summed E-state index contributed by atoms with van der Waals surface area (Å²) in [6, 6.07) is 19.5. The number of Topliss-reactive ketones (excluding diaryl/α,β-unsaturated/α-hetero) is 1. The second-order valence-electron chi connectivity index (χ2n) is 12.2. The van der Waals surface area contributed by atoms with Gasteiger partial charge in [-0.1, -0.05) is 105 Å². The first-order valence-corrected chi connectivity index (χ1v) is 19.0. The molecular formula is C39H45N3O6S2. The summed E-state index contributed by atoms with van der Waals surface area (Å²) < 4.78 is 18.2. The largest absolute Gasteiger partial charge is 0.507 e. The fourth-order valence-electron chi connectivity index (χ4n) is 5.59. The van der Waals surface area contributed by atoms with Gasteiger partial charge < -0.3 is 19.3 Å². The molecule has 1 aromatic heterocycles. The van der Waals surface area contributed by atoms with Crippen molar-refractivity contribution in [2.24, 2.45) is 0 Å². The van der Waals surface area contributed by atoms with Crippen molar-refractivity contribution in [3.63, 3.8) is 0 Å². The first-order chi connectivity index (χ1) is 24.3. The van der Waals surface area contributed by atoms with Gasteiger partial charge in [0.05, 0.1) is 31.9 Å². The van der Waals surface area contributed by atoms with Gasteiger partial charge in [0.15, 0.2) is 15.8 Å². The summed E-state index contributed by atoms with van der Waals surface area (Å²) in [5, 5.41) is 20.6. The van der Waals surface area contributed by atoms with E-state index < -0.39 is 17.7 Å². The summed E-state index contributed by atoms with van der Waals surface area (Å²) in [4.78, 5) is 28.9. The highest BCUT2D eigenvalue weighted by Gasteiger charge is 2.48. The van der Waals surface area contributed by atoms with Crippen LogP contribution in [-0.2, 0) is 15.3 Å². The standard InChI is InChI=1S/C39H45N3O6S2/c1-5-7-9-10-11-23-48-31-21-18-29(24-32(31)46-4)34-33(35(43)28-16-19-30(20-17-28)47-22-8-6-2)36(44)37(45)42(34)38-40-41-39(50-38)49-25-27-14-12-26(3)13-15-27/h12-21,24,34,43H,5-11,22-23,25H2,1-4H3/b35-33+. The maximum absolute atomic E-state index is 13.8. The van der Waals surface area contributed by atoms with Gasteiger partial charge in [0.25, 0.3) is 5.78 Å². The second kappa shape index (κ2) is 18.1. The van der Waals surface area contributed by atoms with Crippen LogP contribution in [0.2, 0.25) is 0 Å². The normalized spacial score (nSPS) is 15.4.